The quantitative estimate of drug-likeness (QED) is 0.324. The molecule has 0 fully saturated rings. The highest BCUT2D eigenvalue weighted by Crippen LogP contribution is 2.22. The fourth-order valence-corrected chi connectivity index (χ4v) is 2.96. The van der Waals surface area contributed by atoms with Crippen LogP contribution in [0, 0.1) is 6.92 Å². The molecule has 4 rings (SSSR count). The van der Waals surface area contributed by atoms with Crippen molar-refractivity contribution in [2.75, 3.05) is 12.0 Å². The average molecular weight is 426 g/mol. The maximum absolute atomic E-state index is 9.98. The molecule has 0 aliphatic rings. The van der Waals surface area contributed by atoms with Crippen molar-refractivity contribution in [3.63, 3.8) is 0 Å². The number of aryl methyl sites for hydroxylation is 1. The molecule has 32 heavy (non-hydrogen) atoms. The maximum atomic E-state index is 9.98. The van der Waals surface area contributed by atoms with Gasteiger partial charge in [-0.25, -0.2) is 0 Å². The Hall–Kier alpha value is -4.33. The molecule has 0 unspecified atom stereocenters. The van der Waals surface area contributed by atoms with Gasteiger partial charge in [0.2, 0.25) is 0 Å². The first-order valence-corrected chi connectivity index (χ1v) is 10.1. The summed E-state index contributed by atoms with van der Waals surface area (Å²) in [5.41, 5.74) is 7.00. The van der Waals surface area contributed by atoms with E-state index in [1.807, 2.05) is 49.4 Å². The third-order valence-corrected chi connectivity index (χ3v) is 4.56. The van der Waals surface area contributed by atoms with E-state index in [2.05, 4.69) is 30.5 Å². The van der Waals surface area contributed by atoms with Crippen molar-refractivity contribution in [1.82, 2.24) is 19.9 Å². The Morgan fingerprint density at radius 1 is 1.03 bits per heavy atom. The van der Waals surface area contributed by atoms with Crippen LogP contribution in [0.15, 0.2) is 78.3 Å². The molecule has 160 valence electrons. The minimum atomic E-state index is 0.153. The van der Waals surface area contributed by atoms with Crippen LogP contribution in [0.5, 0.6) is 11.8 Å². The van der Waals surface area contributed by atoms with Crippen LogP contribution in [0.2, 0.25) is 0 Å². The number of rotatable bonds is 8. The summed E-state index contributed by atoms with van der Waals surface area (Å²) in [5, 5.41) is 14.2. The monoisotopic (exact) mass is 426 g/mol. The molecule has 0 radical (unpaired) electrons. The topological polar surface area (TPSA) is 105 Å². The molecular weight excluding hydrogens is 404 g/mol. The SMILES string of the molecule is Cc1ccc(O)c(C=NNc2cc(-c3ccncc3)nc(OCCc3ccccn3)n2)c1. The number of anilines is 1. The first-order chi connectivity index (χ1) is 15.7. The molecule has 8 nitrogen and oxygen atoms in total. The van der Waals surface area contributed by atoms with Crippen molar-refractivity contribution in [3.05, 3.63) is 90.0 Å². The first kappa shape index (κ1) is 20.9. The summed E-state index contributed by atoms with van der Waals surface area (Å²) in [5.74, 6) is 0.614. The largest absolute Gasteiger partial charge is 0.507 e. The molecule has 0 saturated carbocycles. The highest BCUT2D eigenvalue weighted by atomic mass is 16.5. The zero-order valence-corrected chi connectivity index (χ0v) is 17.5. The molecule has 0 bridgehead atoms. The highest BCUT2D eigenvalue weighted by Gasteiger charge is 2.08. The van der Waals surface area contributed by atoms with Crippen LogP contribution in [-0.4, -0.2) is 37.9 Å². The predicted molar refractivity (Wildman–Crippen MR) is 123 cm³/mol. The van der Waals surface area contributed by atoms with E-state index in [1.54, 1.807) is 30.7 Å². The fourth-order valence-electron chi connectivity index (χ4n) is 2.96. The summed E-state index contributed by atoms with van der Waals surface area (Å²) in [4.78, 5) is 17.3. The van der Waals surface area contributed by atoms with Gasteiger partial charge in [0.15, 0.2) is 5.82 Å². The molecule has 3 heterocycles. The lowest BCUT2D eigenvalue weighted by molar-refractivity contribution is 0.296. The number of aromatic hydroxyl groups is 1. The van der Waals surface area contributed by atoms with Crippen LogP contribution in [0.1, 0.15) is 16.8 Å². The van der Waals surface area contributed by atoms with Gasteiger partial charge < -0.3 is 9.84 Å². The molecule has 1 aromatic carbocycles. The molecule has 0 aliphatic carbocycles. The molecule has 4 aromatic rings. The smallest absolute Gasteiger partial charge is 0.318 e. The Balaban J connectivity index is 1.53. The Morgan fingerprint density at radius 2 is 1.91 bits per heavy atom. The van der Waals surface area contributed by atoms with Gasteiger partial charge in [0.25, 0.3) is 0 Å². The fraction of sp³-hybridized carbons (Fsp3) is 0.125. The number of benzene rings is 1. The lowest BCUT2D eigenvalue weighted by atomic mass is 10.1. The van der Waals surface area contributed by atoms with Gasteiger partial charge in [-0.2, -0.15) is 15.1 Å². The van der Waals surface area contributed by atoms with Gasteiger partial charge in [-0.1, -0.05) is 17.7 Å². The van der Waals surface area contributed by atoms with Crippen molar-refractivity contribution in [1.29, 1.82) is 0 Å². The van der Waals surface area contributed by atoms with Crippen LogP contribution in [-0.2, 0) is 6.42 Å². The normalized spacial score (nSPS) is 10.9. The zero-order valence-electron chi connectivity index (χ0n) is 17.5. The van der Waals surface area contributed by atoms with E-state index in [-0.39, 0.29) is 11.8 Å². The Bertz CT molecular complexity index is 1200. The predicted octanol–water partition coefficient (Wildman–Crippen LogP) is 4.02. The van der Waals surface area contributed by atoms with Gasteiger partial charge in [0.05, 0.1) is 18.5 Å². The van der Waals surface area contributed by atoms with Crippen molar-refractivity contribution in [2.45, 2.75) is 13.3 Å². The number of hydrogen-bond acceptors (Lipinski definition) is 8. The van der Waals surface area contributed by atoms with E-state index < -0.39 is 0 Å². The Morgan fingerprint density at radius 3 is 2.72 bits per heavy atom. The van der Waals surface area contributed by atoms with E-state index in [0.717, 1.165) is 16.8 Å². The van der Waals surface area contributed by atoms with Gasteiger partial charge in [-0.15, -0.1) is 0 Å². The average Bonchev–Trinajstić information content (AvgIpc) is 2.82. The second-order valence-corrected chi connectivity index (χ2v) is 7.01. The lowest BCUT2D eigenvalue weighted by Gasteiger charge is -2.09. The van der Waals surface area contributed by atoms with E-state index in [4.69, 9.17) is 4.74 Å². The first-order valence-electron chi connectivity index (χ1n) is 10.1. The standard InChI is InChI=1S/C24H22N6O2/c1-17-5-6-22(31)19(14-17)16-27-30-23-15-21(18-7-11-25-12-8-18)28-24(29-23)32-13-9-20-4-2-3-10-26-20/h2-8,10-12,14-16,31H,9,13H2,1H3,(H,28,29,30). The van der Waals surface area contributed by atoms with E-state index >= 15 is 0 Å². The van der Waals surface area contributed by atoms with Crippen molar-refractivity contribution in [3.8, 4) is 23.0 Å². The molecule has 0 atom stereocenters. The minimum Gasteiger partial charge on any atom is -0.507 e. The summed E-state index contributed by atoms with van der Waals surface area (Å²) in [6, 6.07) is 16.8. The number of nitrogens with one attached hydrogen (secondary N) is 1. The van der Waals surface area contributed by atoms with Crippen molar-refractivity contribution < 1.29 is 9.84 Å². The van der Waals surface area contributed by atoms with Crippen LogP contribution in [0.25, 0.3) is 11.3 Å². The molecule has 0 amide bonds. The molecule has 0 aliphatic heterocycles. The van der Waals surface area contributed by atoms with Gasteiger partial charge in [-0.3, -0.25) is 15.4 Å². The van der Waals surface area contributed by atoms with E-state index in [9.17, 15) is 5.11 Å². The molecule has 8 heteroatoms. The van der Waals surface area contributed by atoms with Crippen LogP contribution in [0.4, 0.5) is 5.82 Å². The van der Waals surface area contributed by atoms with Gasteiger partial charge >= 0.3 is 6.01 Å². The van der Waals surface area contributed by atoms with Crippen LogP contribution >= 0.6 is 0 Å². The number of hydrogen-bond donors (Lipinski definition) is 2. The summed E-state index contributed by atoms with van der Waals surface area (Å²) in [7, 11) is 0. The van der Waals surface area contributed by atoms with Crippen molar-refractivity contribution in [2.24, 2.45) is 5.10 Å². The molecular formula is C24H22N6O2. The molecule has 0 saturated heterocycles. The minimum absolute atomic E-state index is 0.153. The summed E-state index contributed by atoms with van der Waals surface area (Å²) >= 11 is 0. The zero-order chi connectivity index (χ0) is 22.2. The number of hydrazone groups is 1. The second kappa shape index (κ2) is 10.1. The number of phenols is 1. The third-order valence-electron chi connectivity index (χ3n) is 4.56. The Labute approximate surface area is 185 Å². The third kappa shape index (κ3) is 5.63. The number of ether oxygens (including phenoxy) is 1. The second-order valence-electron chi connectivity index (χ2n) is 7.01. The van der Waals surface area contributed by atoms with E-state index in [1.165, 1.54) is 6.21 Å². The van der Waals surface area contributed by atoms with Gasteiger partial charge in [0, 0.05) is 47.9 Å². The summed E-state index contributed by atoms with van der Waals surface area (Å²) in [6.07, 6.45) is 7.33. The van der Waals surface area contributed by atoms with Crippen LogP contribution < -0.4 is 10.2 Å². The number of aromatic nitrogens is 4. The molecule has 3 aromatic heterocycles. The number of nitrogens with zero attached hydrogens (tertiary/aromatic N) is 5. The van der Waals surface area contributed by atoms with Gasteiger partial charge in [-0.05, 0) is 43.3 Å². The maximum Gasteiger partial charge on any atom is 0.318 e. The van der Waals surface area contributed by atoms with Crippen LogP contribution in [0.3, 0.4) is 0 Å². The highest BCUT2D eigenvalue weighted by molar-refractivity contribution is 5.84. The lowest BCUT2D eigenvalue weighted by Crippen LogP contribution is -2.07. The van der Waals surface area contributed by atoms with E-state index in [0.29, 0.717) is 30.1 Å². The van der Waals surface area contributed by atoms with Gasteiger partial charge in [0.1, 0.15) is 5.75 Å². The summed E-state index contributed by atoms with van der Waals surface area (Å²) < 4.78 is 5.80. The number of pyridine rings is 2. The molecule has 2 N–H and O–H groups in total. The van der Waals surface area contributed by atoms with Crippen molar-refractivity contribution >= 4 is 12.0 Å². The molecule has 0 spiro atoms. The summed E-state index contributed by atoms with van der Waals surface area (Å²) in [6.45, 7) is 2.33. The number of phenolic OH excluding ortho intramolecular Hbond substituents is 1. The Kier molecular flexibility index (Phi) is 6.62.